The number of aromatic amines is 1. The summed E-state index contributed by atoms with van der Waals surface area (Å²) in [6.07, 6.45) is 11.9. The Morgan fingerprint density at radius 3 is 2.33 bits per heavy atom. The maximum absolute atomic E-state index is 4.50. The van der Waals surface area contributed by atoms with Gasteiger partial charge in [0.15, 0.2) is 0 Å². The smallest absolute Gasteiger partial charge is 0.355 e. The number of nitrogens with one attached hydrogen (secondary N) is 2. The van der Waals surface area contributed by atoms with Gasteiger partial charge in [-0.15, -0.1) is 0 Å². The van der Waals surface area contributed by atoms with Crippen molar-refractivity contribution in [1.82, 2.24) is 14.8 Å². The number of benzene rings is 3. The van der Waals surface area contributed by atoms with Gasteiger partial charge in [0.1, 0.15) is 7.28 Å². The molecule has 2 saturated carbocycles. The van der Waals surface area contributed by atoms with E-state index >= 15 is 0 Å². The minimum atomic E-state index is 0. The van der Waals surface area contributed by atoms with E-state index in [1.165, 1.54) is 49.4 Å². The molecule has 7 heteroatoms. The Morgan fingerprint density at radius 1 is 0.964 bits per heavy atom. The number of likely N-dealkylation sites (N-methyl/N-ethyl adjacent to an activating group) is 2. The Morgan fingerprint density at radius 2 is 1.69 bits per heavy atom. The first-order valence-electron chi connectivity index (χ1n) is 20.9. The van der Waals surface area contributed by atoms with E-state index in [0.29, 0.717) is 17.8 Å². The molecule has 3 aromatic carbocycles. The Balaban J connectivity index is 0.000000574. The van der Waals surface area contributed by atoms with E-state index in [1.54, 1.807) is 0 Å². The first-order valence-corrected chi connectivity index (χ1v) is 20.9. The van der Waals surface area contributed by atoms with Crippen molar-refractivity contribution in [2.75, 3.05) is 57.0 Å². The van der Waals surface area contributed by atoms with E-state index in [-0.39, 0.29) is 68.9 Å². The van der Waals surface area contributed by atoms with Crippen LogP contribution < -0.4 is 89.7 Å². The number of anilines is 2. The molecule has 1 saturated heterocycles. The number of nitrogens with zero attached hydrogens (tertiary/aromatic N) is 3. The Kier molecular flexibility index (Phi) is 17.2. The molecule has 7 rings (SSSR count). The first-order chi connectivity index (χ1) is 26.2. The van der Waals surface area contributed by atoms with Crippen molar-refractivity contribution < 1.29 is 68.9 Å². The van der Waals surface area contributed by atoms with Crippen LogP contribution in [0.4, 0.5) is 11.4 Å². The number of aromatic nitrogens is 1. The number of piperazine rings is 1. The van der Waals surface area contributed by atoms with Crippen LogP contribution in [0.1, 0.15) is 76.3 Å². The van der Waals surface area contributed by atoms with Crippen LogP contribution in [0.15, 0.2) is 85.1 Å². The summed E-state index contributed by atoms with van der Waals surface area (Å²) >= 11 is 0. The summed E-state index contributed by atoms with van der Waals surface area (Å²) in [5.74, 6) is 4.03. The van der Waals surface area contributed by atoms with E-state index in [1.807, 2.05) is 0 Å². The van der Waals surface area contributed by atoms with Crippen molar-refractivity contribution in [2.45, 2.75) is 78.4 Å². The molecule has 5 nitrogen and oxygen atoms in total. The quantitative estimate of drug-likeness (QED) is 0.136. The van der Waals surface area contributed by atoms with Gasteiger partial charge >= 0.3 is 68.9 Å². The van der Waals surface area contributed by atoms with Crippen molar-refractivity contribution in [3.05, 3.63) is 113 Å². The fraction of sp³-hybridized carbons (Fsp3) is 0.479. The van der Waals surface area contributed by atoms with Gasteiger partial charge in [-0.2, -0.15) is 12.8 Å². The Labute approximate surface area is 393 Å². The Bertz CT molecular complexity index is 1920. The molecule has 1 radical (unpaired) electrons. The summed E-state index contributed by atoms with van der Waals surface area (Å²) in [6.45, 7) is 23.5. The van der Waals surface area contributed by atoms with Crippen molar-refractivity contribution >= 4 is 41.8 Å². The molecule has 3 fully saturated rings. The van der Waals surface area contributed by atoms with E-state index < -0.39 is 0 Å². The van der Waals surface area contributed by atoms with Gasteiger partial charge in [0.2, 0.25) is 0 Å². The molecule has 2 heterocycles. The van der Waals surface area contributed by atoms with Gasteiger partial charge < -0.3 is 26.5 Å². The van der Waals surface area contributed by atoms with E-state index in [4.69, 9.17) is 0 Å². The van der Waals surface area contributed by atoms with Gasteiger partial charge in [0, 0.05) is 78.3 Å². The van der Waals surface area contributed by atoms with Crippen molar-refractivity contribution in [1.29, 1.82) is 0 Å². The van der Waals surface area contributed by atoms with E-state index in [9.17, 15) is 0 Å². The predicted octanol–water partition coefficient (Wildman–Crippen LogP) is 6.39. The number of hydrogen-bond donors (Lipinski definition) is 2. The maximum atomic E-state index is 4.50. The molecule has 287 valence electrons. The molecule has 0 bridgehead atoms. The average Bonchev–Trinajstić information content (AvgIpc) is 3.76. The molecule has 2 N–H and O–H groups in total. The van der Waals surface area contributed by atoms with Crippen LogP contribution in [0, 0.1) is 30.1 Å². The van der Waals surface area contributed by atoms with Crippen molar-refractivity contribution in [3.63, 3.8) is 0 Å². The summed E-state index contributed by atoms with van der Waals surface area (Å²) in [5, 5.41) is 7.04. The fourth-order valence-corrected chi connectivity index (χ4v) is 9.30. The summed E-state index contributed by atoms with van der Waals surface area (Å²) in [7, 11) is 6.66. The second kappa shape index (κ2) is 21.4. The molecular weight excluding hydrogens is 790 g/mol. The molecule has 1 aromatic heterocycles. The largest absolute Gasteiger partial charge is 1.00 e. The number of hydrogen-bond acceptors (Lipinski definition) is 4. The monoisotopic (exact) mass is 856 g/mol. The van der Waals surface area contributed by atoms with Gasteiger partial charge in [0.05, 0.1) is 5.70 Å². The summed E-state index contributed by atoms with van der Waals surface area (Å²) in [6, 6.07) is 26.4. The molecule has 3 aliphatic rings. The topological polar surface area (TPSA) is 37.5 Å². The van der Waals surface area contributed by atoms with Gasteiger partial charge in [-0.1, -0.05) is 121 Å². The molecule has 55 heavy (non-hydrogen) atoms. The average molecular weight is 857 g/mol. The number of rotatable bonds is 11. The van der Waals surface area contributed by atoms with Crippen LogP contribution in [0.25, 0.3) is 23.2 Å². The fourth-order valence-electron chi connectivity index (χ4n) is 9.30. The summed E-state index contributed by atoms with van der Waals surface area (Å²) < 4.78 is 0. The van der Waals surface area contributed by atoms with Crippen molar-refractivity contribution in [3.8, 4) is 0 Å². The standard InChI is InChI=1S/C40H50BN5.C8H16.Cs/c1-28-11-10-14-35(37(28)26-41-4)32-15-20-36-38(25-32)42-30(3)39(36)40(31-12-8-7-9-13-31)43-33-16-18-34(19-17-33)45(6)29(2)27-46-23-21-44(5)22-24-46;1-3-8-6-4-5-7(8)2;/h7-10,12-13,15-20,25,28,35,37,42-43H,2-3,11,14,21-24,26-27H2,1,4-6H3;7-8H,3-6H2,1-2H3;/q-1;;+1/b40-39+;;/t28?,35?,37-;;/m1../s1. The van der Waals surface area contributed by atoms with E-state index in [0.717, 1.165) is 95.4 Å². The summed E-state index contributed by atoms with van der Waals surface area (Å²) in [5.41, 5.74) is 8.06. The third-order valence-corrected chi connectivity index (χ3v) is 12.9. The van der Waals surface area contributed by atoms with Gasteiger partial charge in [0.25, 0.3) is 0 Å². The zero-order chi connectivity index (χ0) is 38.2. The molecule has 0 spiro atoms. The molecule has 4 aromatic rings. The van der Waals surface area contributed by atoms with Crippen LogP contribution in [0.3, 0.4) is 0 Å². The molecular formula is C48H66BCsN5. The number of H-pyrrole nitrogens is 1. The number of fused-ring (bicyclic) bond motifs is 1. The molecule has 2 aliphatic carbocycles. The van der Waals surface area contributed by atoms with Gasteiger partial charge in [-0.05, 0) is 72.2 Å². The minimum Gasteiger partial charge on any atom is -0.355 e. The Hall–Kier alpha value is -1.68. The van der Waals surface area contributed by atoms with Gasteiger partial charge in [-0.25, -0.2) is 0 Å². The second-order valence-electron chi connectivity index (χ2n) is 16.6. The van der Waals surface area contributed by atoms with Crippen LogP contribution in [-0.4, -0.2) is 68.9 Å². The van der Waals surface area contributed by atoms with Crippen LogP contribution in [0.2, 0.25) is 13.1 Å². The predicted molar refractivity (Wildman–Crippen MR) is 236 cm³/mol. The molecule has 0 amide bonds. The van der Waals surface area contributed by atoms with E-state index in [2.05, 4.69) is 166 Å². The van der Waals surface area contributed by atoms with Crippen LogP contribution in [0.5, 0.6) is 0 Å². The third kappa shape index (κ3) is 11.3. The molecule has 4 unspecified atom stereocenters. The summed E-state index contributed by atoms with van der Waals surface area (Å²) in [4.78, 5) is 10.8. The zero-order valence-corrected chi connectivity index (χ0v) is 41.5. The molecule has 1 aliphatic heterocycles. The zero-order valence-electron chi connectivity index (χ0n) is 35.2. The normalized spacial score (nSPS) is 23.6. The minimum absolute atomic E-state index is 0. The first kappa shape index (κ1) is 44.4. The maximum Gasteiger partial charge on any atom is 1.00 e. The third-order valence-electron chi connectivity index (χ3n) is 12.9. The SMILES string of the molecule is C=C(CN1CCN(C)CC1)N(C)c1ccc(N/C(c2ccccc2)=c2\c(=C)[nH]c3cc(C4C[CH-]CC(C)[C@H]4C[B]C)ccc23)cc1.CCC1CCCC1C.[Cs+]. The van der Waals surface area contributed by atoms with Crippen molar-refractivity contribution in [2.24, 2.45) is 23.7 Å². The van der Waals surface area contributed by atoms with Crippen LogP contribution in [-0.2, 0) is 0 Å². The second-order valence-corrected chi connectivity index (χ2v) is 16.6. The van der Waals surface area contributed by atoms with Crippen LogP contribution >= 0.6 is 0 Å². The van der Waals surface area contributed by atoms with Gasteiger partial charge in [-0.3, -0.25) is 4.90 Å². The molecule has 5 atom stereocenters.